The molecule has 3 heteroatoms. The number of hydrogen-bond donors (Lipinski definition) is 1. The second kappa shape index (κ2) is 8.11. The van der Waals surface area contributed by atoms with Crippen molar-refractivity contribution in [1.29, 1.82) is 0 Å². The molecule has 1 fully saturated rings. The summed E-state index contributed by atoms with van der Waals surface area (Å²) < 4.78 is 0. The Kier molecular flexibility index (Phi) is 5.65. The molecule has 3 nitrogen and oxygen atoms in total. The first-order chi connectivity index (χ1) is 11.7. The van der Waals surface area contributed by atoms with Crippen molar-refractivity contribution in [2.75, 3.05) is 13.1 Å². The molecule has 1 amide bonds. The van der Waals surface area contributed by atoms with E-state index in [4.69, 9.17) is 0 Å². The number of aryl methyl sites for hydroxylation is 1. The molecule has 0 unspecified atom stereocenters. The molecule has 1 N–H and O–H groups in total. The van der Waals surface area contributed by atoms with Gasteiger partial charge in [-0.05, 0) is 30.9 Å². The molecule has 0 radical (unpaired) electrons. The van der Waals surface area contributed by atoms with Crippen molar-refractivity contribution in [2.45, 2.75) is 38.8 Å². The SMILES string of the molecule is Cc1cccc(CC(=O)NC2CCN(Cc3ccccc3)CC2)c1. The number of benzene rings is 2. The van der Waals surface area contributed by atoms with E-state index in [0.29, 0.717) is 12.5 Å². The van der Waals surface area contributed by atoms with E-state index in [1.54, 1.807) is 0 Å². The van der Waals surface area contributed by atoms with Crippen LogP contribution in [0.25, 0.3) is 0 Å². The minimum Gasteiger partial charge on any atom is -0.353 e. The minimum absolute atomic E-state index is 0.141. The highest BCUT2D eigenvalue weighted by molar-refractivity contribution is 5.78. The quantitative estimate of drug-likeness (QED) is 0.916. The maximum absolute atomic E-state index is 12.2. The predicted molar refractivity (Wildman–Crippen MR) is 97.8 cm³/mol. The summed E-state index contributed by atoms with van der Waals surface area (Å²) in [6.07, 6.45) is 2.55. The highest BCUT2D eigenvalue weighted by Gasteiger charge is 2.20. The smallest absolute Gasteiger partial charge is 0.224 e. The normalized spacial score (nSPS) is 16.0. The molecule has 3 rings (SSSR count). The minimum atomic E-state index is 0.141. The standard InChI is InChI=1S/C21H26N2O/c1-17-6-5-9-19(14-17)15-21(24)22-20-10-12-23(13-11-20)16-18-7-3-2-4-8-18/h2-9,14,20H,10-13,15-16H2,1H3,(H,22,24). The van der Waals surface area contributed by atoms with Crippen LogP contribution in [-0.4, -0.2) is 29.9 Å². The van der Waals surface area contributed by atoms with Gasteiger partial charge in [-0.25, -0.2) is 0 Å². The molecule has 0 atom stereocenters. The van der Waals surface area contributed by atoms with Crippen molar-refractivity contribution in [3.8, 4) is 0 Å². The van der Waals surface area contributed by atoms with Crippen LogP contribution in [0.15, 0.2) is 54.6 Å². The van der Waals surface area contributed by atoms with Crippen molar-refractivity contribution in [3.05, 3.63) is 71.3 Å². The van der Waals surface area contributed by atoms with Gasteiger partial charge >= 0.3 is 0 Å². The number of carbonyl (C=O) groups is 1. The Balaban J connectivity index is 1.42. The molecule has 24 heavy (non-hydrogen) atoms. The molecule has 1 aliphatic rings. The molecule has 2 aromatic carbocycles. The summed E-state index contributed by atoms with van der Waals surface area (Å²) in [5.41, 5.74) is 3.66. The van der Waals surface area contributed by atoms with Crippen LogP contribution in [0.2, 0.25) is 0 Å². The van der Waals surface area contributed by atoms with E-state index < -0.39 is 0 Å². The Morgan fingerprint density at radius 3 is 2.46 bits per heavy atom. The number of rotatable bonds is 5. The monoisotopic (exact) mass is 322 g/mol. The average Bonchev–Trinajstić information content (AvgIpc) is 2.57. The third kappa shape index (κ3) is 4.93. The Bertz CT molecular complexity index is 661. The van der Waals surface area contributed by atoms with Gasteiger partial charge in [0.2, 0.25) is 5.91 Å². The average molecular weight is 322 g/mol. The number of nitrogens with one attached hydrogen (secondary N) is 1. The third-order valence-electron chi connectivity index (χ3n) is 4.65. The molecule has 1 aliphatic heterocycles. The molecule has 1 heterocycles. The van der Waals surface area contributed by atoms with Crippen LogP contribution in [0, 0.1) is 6.92 Å². The lowest BCUT2D eigenvalue weighted by molar-refractivity contribution is -0.121. The first-order valence-corrected chi connectivity index (χ1v) is 8.80. The number of amides is 1. The molecule has 0 spiro atoms. The fourth-order valence-electron chi connectivity index (χ4n) is 3.36. The van der Waals surface area contributed by atoms with E-state index in [2.05, 4.69) is 59.6 Å². The number of likely N-dealkylation sites (tertiary alicyclic amines) is 1. The second-order valence-corrected chi connectivity index (χ2v) is 6.77. The van der Waals surface area contributed by atoms with Crippen LogP contribution in [-0.2, 0) is 17.8 Å². The summed E-state index contributed by atoms with van der Waals surface area (Å²) in [7, 11) is 0. The van der Waals surface area contributed by atoms with Gasteiger partial charge in [-0.15, -0.1) is 0 Å². The largest absolute Gasteiger partial charge is 0.353 e. The van der Waals surface area contributed by atoms with Crippen LogP contribution < -0.4 is 5.32 Å². The maximum Gasteiger partial charge on any atom is 0.224 e. The molecule has 0 saturated carbocycles. The van der Waals surface area contributed by atoms with E-state index in [1.807, 2.05) is 12.1 Å². The van der Waals surface area contributed by atoms with Gasteiger partial charge < -0.3 is 5.32 Å². The Labute approximate surface area is 144 Å². The lowest BCUT2D eigenvalue weighted by Crippen LogP contribution is -2.44. The fraction of sp³-hybridized carbons (Fsp3) is 0.381. The van der Waals surface area contributed by atoms with Crippen molar-refractivity contribution in [2.24, 2.45) is 0 Å². The van der Waals surface area contributed by atoms with Crippen LogP contribution in [0.1, 0.15) is 29.5 Å². The molecular weight excluding hydrogens is 296 g/mol. The first kappa shape index (κ1) is 16.7. The van der Waals surface area contributed by atoms with Gasteiger partial charge in [0.15, 0.2) is 0 Å². The second-order valence-electron chi connectivity index (χ2n) is 6.77. The zero-order chi connectivity index (χ0) is 16.8. The van der Waals surface area contributed by atoms with Crippen molar-refractivity contribution in [3.63, 3.8) is 0 Å². The predicted octanol–water partition coefficient (Wildman–Crippen LogP) is 3.32. The molecule has 0 aliphatic carbocycles. The Morgan fingerprint density at radius 2 is 1.75 bits per heavy atom. The summed E-state index contributed by atoms with van der Waals surface area (Å²) in [6.45, 7) is 5.16. The van der Waals surface area contributed by atoms with Gasteiger partial charge in [0.25, 0.3) is 0 Å². The van der Waals surface area contributed by atoms with E-state index in [9.17, 15) is 4.79 Å². The molecule has 0 aromatic heterocycles. The lowest BCUT2D eigenvalue weighted by Gasteiger charge is -2.32. The number of carbonyl (C=O) groups excluding carboxylic acids is 1. The van der Waals surface area contributed by atoms with Crippen molar-refractivity contribution in [1.82, 2.24) is 10.2 Å². The van der Waals surface area contributed by atoms with Gasteiger partial charge in [0.1, 0.15) is 0 Å². The fourth-order valence-corrected chi connectivity index (χ4v) is 3.36. The van der Waals surface area contributed by atoms with Crippen LogP contribution >= 0.6 is 0 Å². The zero-order valence-corrected chi connectivity index (χ0v) is 14.4. The van der Waals surface area contributed by atoms with Crippen LogP contribution in [0.4, 0.5) is 0 Å². The Hall–Kier alpha value is -2.13. The summed E-state index contributed by atoms with van der Waals surface area (Å²) in [6, 6.07) is 19.1. The highest BCUT2D eigenvalue weighted by atomic mass is 16.1. The zero-order valence-electron chi connectivity index (χ0n) is 14.4. The summed E-state index contributed by atoms with van der Waals surface area (Å²) in [4.78, 5) is 14.7. The maximum atomic E-state index is 12.2. The van der Waals surface area contributed by atoms with Crippen molar-refractivity contribution < 1.29 is 4.79 Å². The van der Waals surface area contributed by atoms with Gasteiger partial charge in [0, 0.05) is 25.7 Å². The number of hydrogen-bond acceptors (Lipinski definition) is 2. The van der Waals surface area contributed by atoms with Crippen LogP contribution in [0.3, 0.4) is 0 Å². The molecule has 2 aromatic rings. The van der Waals surface area contributed by atoms with Gasteiger partial charge in [-0.1, -0.05) is 60.2 Å². The lowest BCUT2D eigenvalue weighted by atomic mass is 10.0. The molecule has 0 bridgehead atoms. The third-order valence-corrected chi connectivity index (χ3v) is 4.65. The molecular formula is C21H26N2O. The summed E-state index contributed by atoms with van der Waals surface area (Å²) >= 11 is 0. The topological polar surface area (TPSA) is 32.3 Å². The number of nitrogens with zero attached hydrogens (tertiary/aromatic N) is 1. The van der Waals surface area contributed by atoms with Gasteiger partial charge in [0.05, 0.1) is 6.42 Å². The number of piperidine rings is 1. The van der Waals surface area contributed by atoms with Gasteiger partial charge in [-0.3, -0.25) is 9.69 Å². The molecule has 1 saturated heterocycles. The van der Waals surface area contributed by atoms with E-state index in [0.717, 1.165) is 38.0 Å². The summed E-state index contributed by atoms with van der Waals surface area (Å²) in [5, 5.41) is 3.21. The first-order valence-electron chi connectivity index (χ1n) is 8.80. The summed E-state index contributed by atoms with van der Waals surface area (Å²) in [5.74, 6) is 0.141. The Morgan fingerprint density at radius 1 is 1.04 bits per heavy atom. The molecule has 126 valence electrons. The van der Waals surface area contributed by atoms with Gasteiger partial charge in [-0.2, -0.15) is 0 Å². The highest BCUT2D eigenvalue weighted by Crippen LogP contribution is 2.14. The van der Waals surface area contributed by atoms with Crippen LogP contribution in [0.5, 0.6) is 0 Å². The van der Waals surface area contributed by atoms with Crippen molar-refractivity contribution >= 4 is 5.91 Å². The van der Waals surface area contributed by atoms with E-state index in [-0.39, 0.29) is 5.91 Å². The van der Waals surface area contributed by atoms with E-state index >= 15 is 0 Å². The van der Waals surface area contributed by atoms with E-state index in [1.165, 1.54) is 11.1 Å².